The van der Waals surface area contributed by atoms with Gasteiger partial charge >= 0.3 is 0 Å². The van der Waals surface area contributed by atoms with Crippen molar-refractivity contribution >= 4 is 11.6 Å². The van der Waals surface area contributed by atoms with E-state index in [9.17, 15) is 9.18 Å². The summed E-state index contributed by atoms with van der Waals surface area (Å²) in [4.78, 5) is 12.0. The van der Waals surface area contributed by atoms with E-state index in [1.807, 2.05) is 61.5 Å². The fourth-order valence-electron chi connectivity index (χ4n) is 2.89. The van der Waals surface area contributed by atoms with Crippen molar-refractivity contribution < 1.29 is 13.9 Å². The summed E-state index contributed by atoms with van der Waals surface area (Å²) in [5.41, 5.74) is 3.63. The summed E-state index contributed by atoms with van der Waals surface area (Å²) in [6.07, 6.45) is 0.627. The number of amides is 1. The number of rotatable bonds is 9. The topological polar surface area (TPSA) is 50.4 Å². The van der Waals surface area contributed by atoms with Crippen LogP contribution < -0.4 is 15.4 Å². The summed E-state index contributed by atoms with van der Waals surface area (Å²) in [5, 5.41) is 6.11. The van der Waals surface area contributed by atoms with Crippen LogP contribution in [0.25, 0.3) is 0 Å². The zero-order chi connectivity index (χ0) is 20.5. The molecule has 3 aromatic rings. The van der Waals surface area contributed by atoms with Gasteiger partial charge < -0.3 is 15.4 Å². The van der Waals surface area contributed by atoms with E-state index in [1.54, 1.807) is 12.1 Å². The van der Waals surface area contributed by atoms with Crippen LogP contribution in [0.1, 0.15) is 16.7 Å². The minimum Gasteiger partial charge on any atom is -0.484 e. The molecular formula is C24H25FN2O2. The van der Waals surface area contributed by atoms with Gasteiger partial charge in [0.2, 0.25) is 0 Å². The van der Waals surface area contributed by atoms with E-state index in [0.29, 0.717) is 30.8 Å². The van der Waals surface area contributed by atoms with Crippen LogP contribution in [-0.4, -0.2) is 19.1 Å². The Morgan fingerprint density at radius 3 is 2.59 bits per heavy atom. The van der Waals surface area contributed by atoms with Crippen molar-refractivity contribution in [2.24, 2.45) is 0 Å². The Morgan fingerprint density at radius 2 is 1.79 bits per heavy atom. The standard InChI is InChI=1S/C24H25FN2O2/c1-18-9-11-21(12-10-18)27-24(28)17-29-22-7-4-5-19(15-22)16-26-14-13-20-6-2-3-8-23(20)25/h2-12,15,26H,13-14,16-17H2,1H3,(H,27,28). The molecule has 1 amide bonds. The van der Waals surface area contributed by atoms with E-state index >= 15 is 0 Å². The van der Waals surface area contributed by atoms with Gasteiger partial charge in [0.1, 0.15) is 11.6 Å². The molecular weight excluding hydrogens is 367 g/mol. The quantitative estimate of drug-likeness (QED) is 0.528. The van der Waals surface area contributed by atoms with E-state index in [-0.39, 0.29) is 18.3 Å². The highest BCUT2D eigenvalue weighted by molar-refractivity contribution is 5.91. The second-order valence-corrected chi connectivity index (χ2v) is 6.87. The van der Waals surface area contributed by atoms with Gasteiger partial charge in [-0.2, -0.15) is 0 Å². The van der Waals surface area contributed by atoms with Crippen LogP contribution >= 0.6 is 0 Å². The Bertz CT molecular complexity index is 942. The first-order chi connectivity index (χ1) is 14.1. The van der Waals surface area contributed by atoms with Crippen LogP contribution in [0.15, 0.2) is 72.8 Å². The fourth-order valence-corrected chi connectivity index (χ4v) is 2.89. The molecule has 0 bridgehead atoms. The molecule has 3 aromatic carbocycles. The van der Waals surface area contributed by atoms with Gasteiger partial charge in [-0.25, -0.2) is 4.39 Å². The minimum absolute atomic E-state index is 0.0575. The molecule has 0 aliphatic rings. The van der Waals surface area contributed by atoms with Gasteiger partial charge in [-0.3, -0.25) is 4.79 Å². The predicted octanol–water partition coefficient (Wildman–Crippen LogP) is 4.48. The summed E-state index contributed by atoms with van der Waals surface area (Å²) < 4.78 is 19.2. The Hall–Kier alpha value is -3.18. The largest absolute Gasteiger partial charge is 0.484 e. The second kappa shape index (κ2) is 10.4. The molecule has 5 heteroatoms. The summed E-state index contributed by atoms with van der Waals surface area (Å²) in [6, 6.07) is 22.0. The van der Waals surface area contributed by atoms with Gasteiger partial charge in [0.15, 0.2) is 6.61 Å². The van der Waals surface area contributed by atoms with E-state index in [4.69, 9.17) is 4.74 Å². The molecule has 3 rings (SSSR count). The molecule has 0 saturated carbocycles. The van der Waals surface area contributed by atoms with Crippen LogP contribution in [-0.2, 0) is 17.8 Å². The highest BCUT2D eigenvalue weighted by atomic mass is 19.1. The summed E-state index contributed by atoms with van der Waals surface area (Å²) in [5.74, 6) is 0.258. The van der Waals surface area contributed by atoms with E-state index < -0.39 is 0 Å². The number of nitrogens with one attached hydrogen (secondary N) is 2. The molecule has 0 aromatic heterocycles. The lowest BCUT2D eigenvalue weighted by atomic mass is 10.1. The maximum absolute atomic E-state index is 13.6. The van der Waals surface area contributed by atoms with Gasteiger partial charge in [-0.05, 0) is 61.3 Å². The summed E-state index contributed by atoms with van der Waals surface area (Å²) in [7, 11) is 0. The molecule has 0 radical (unpaired) electrons. The van der Waals surface area contributed by atoms with E-state index in [1.165, 1.54) is 6.07 Å². The molecule has 0 aliphatic heterocycles. The zero-order valence-electron chi connectivity index (χ0n) is 16.5. The van der Waals surface area contributed by atoms with Crippen molar-refractivity contribution in [1.29, 1.82) is 0 Å². The Balaban J connectivity index is 1.42. The number of ether oxygens (including phenoxy) is 1. The molecule has 4 nitrogen and oxygen atoms in total. The van der Waals surface area contributed by atoms with Crippen LogP contribution in [0.5, 0.6) is 5.75 Å². The molecule has 2 N–H and O–H groups in total. The van der Waals surface area contributed by atoms with Crippen LogP contribution in [0.3, 0.4) is 0 Å². The molecule has 0 heterocycles. The van der Waals surface area contributed by atoms with Crippen molar-refractivity contribution in [3.05, 3.63) is 95.3 Å². The average Bonchev–Trinajstić information content (AvgIpc) is 2.73. The van der Waals surface area contributed by atoms with Gasteiger partial charge in [0.05, 0.1) is 0 Å². The van der Waals surface area contributed by atoms with Crippen molar-refractivity contribution in [3.63, 3.8) is 0 Å². The number of benzene rings is 3. The molecule has 0 saturated heterocycles. The highest BCUT2D eigenvalue weighted by Crippen LogP contribution is 2.14. The lowest BCUT2D eigenvalue weighted by Crippen LogP contribution is -2.20. The number of anilines is 1. The first kappa shape index (κ1) is 20.6. The smallest absolute Gasteiger partial charge is 0.262 e. The molecule has 29 heavy (non-hydrogen) atoms. The van der Waals surface area contributed by atoms with Gasteiger partial charge in [0.25, 0.3) is 5.91 Å². The molecule has 150 valence electrons. The number of halogens is 1. The van der Waals surface area contributed by atoms with Crippen molar-refractivity contribution in [1.82, 2.24) is 5.32 Å². The van der Waals surface area contributed by atoms with E-state index in [2.05, 4.69) is 10.6 Å². The van der Waals surface area contributed by atoms with Crippen molar-refractivity contribution in [2.45, 2.75) is 19.9 Å². The number of carbonyl (C=O) groups is 1. The van der Waals surface area contributed by atoms with E-state index in [0.717, 1.165) is 16.8 Å². The summed E-state index contributed by atoms with van der Waals surface area (Å²) >= 11 is 0. The fraction of sp³-hybridized carbons (Fsp3) is 0.208. The molecule has 0 fully saturated rings. The van der Waals surface area contributed by atoms with Crippen LogP contribution in [0.4, 0.5) is 10.1 Å². The minimum atomic E-state index is -0.206. The first-order valence-electron chi connectivity index (χ1n) is 9.62. The van der Waals surface area contributed by atoms with Gasteiger partial charge in [-0.15, -0.1) is 0 Å². The third kappa shape index (κ3) is 6.73. The monoisotopic (exact) mass is 392 g/mol. The zero-order valence-corrected chi connectivity index (χ0v) is 16.5. The van der Waals surface area contributed by atoms with Crippen molar-refractivity contribution in [2.75, 3.05) is 18.5 Å². The van der Waals surface area contributed by atoms with Crippen LogP contribution in [0, 0.1) is 12.7 Å². The lowest BCUT2D eigenvalue weighted by Gasteiger charge is -2.10. The Kier molecular flexibility index (Phi) is 7.36. The summed E-state index contributed by atoms with van der Waals surface area (Å²) in [6.45, 7) is 3.25. The predicted molar refractivity (Wildman–Crippen MR) is 114 cm³/mol. The first-order valence-corrected chi connectivity index (χ1v) is 9.62. The normalized spacial score (nSPS) is 10.6. The SMILES string of the molecule is Cc1ccc(NC(=O)COc2cccc(CNCCc3ccccc3F)c2)cc1. The molecule has 0 aliphatic carbocycles. The number of aryl methyl sites for hydroxylation is 1. The Morgan fingerprint density at radius 1 is 1.00 bits per heavy atom. The van der Waals surface area contributed by atoms with Gasteiger partial charge in [-0.1, -0.05) is 48.0 Å². The third-order valence-electron chi connectivity index (χ3n) is 4.46. The van der Waals surface area contributed by atoms with Gasteiger partial charge in [0, 0.05) is 12.2 Å². The third-order valence-corrected chi connectivity index (χ3v) is 4.46. The Labute approximate surface area is 170 Å². The number of carbonyl (C=O) groups excluding carboxylic acids is 1. The molecule has 0 spiro atoms. The maximum atomic E-state index is 13.6. The highest BCUT2D eigenvalue weighted by Gasteiger charge is 2.05. The van der Waals surface area contributed by atoms with Crippen molar-refractivity contribution in [3.8, 4) is 5.75 Å². The molecule has 0 atom stereocenters. The average molecular weight is 392 g/mol. The second-order valence-electron chi connectivity index (χ2n) is 6.87. The maximum Gasteiger partial charge on any atom is 0.262 e. The number of hydrogen-bond acceptors (Lipinski definition) is 3. The molecule has 0 unspecified atom stereocenters. The number of hydrogen-bond donors (Lipinski definition) is 2. The lowest BCUT2D eigenvalue weighted by molar-refractivity contribution is -0.118. The van der Waals surface area contributed by atoms with Crippen LogP contribution in [0.2, 0.25) is 0 Å².